The molecule has 1 aromatic heterocycles. The molecule has 0 aliphatic heterocycles. The van der Waals surface area contributed by atoms with Crippen LogP contribution in [0.5, 0.6) is 0 Å². The largest absolute Gasteiger partial charge is 0.325 e. The van der Waals surface area contributed by atoms with Gasteiger partial charge in [0.2, 0.25) is 11.8 Å². The number of benzene rings is 2. The van der Waals surface area contributed by atoms with Crippen LogP contribution in [0, 0.1) is 13.8 Å². The molecular weight excluding hydrogens is 469 g/mol. The standard InChI is InChI=1S/C22H23Cl2N5O2S/c1-4-29-18(11-19(30)25-16-9-8-13(2)10-14(16)3)27-28-22(29)32-12-20(31)26-17-7-5-6-15(23)21(17)24/h5-10H,4,11-12H2,1-3H3,(H,25,30)(H,26,31). The molecule has 2 aromatic carbocycles. The minimum Gasteiger partial charge on any atom is -0.325 e. The molecule has 0 radical (unpaired) electrons. The Morgan fingerprint density at radius 2 is 1.78 bits per heavy atom. The van der Waals surface area contributed by atoms with E-state index in [2.05, 4.69) is 20.8 Å². The van der Waals surface area contributed by atoms with E-state index in [1.165, 1.54) is 11.8 Å². The van der Waals surface area contributed by atoms with Gasteiger partial charge < -0.3 is 15.2 Å². The summed E-state index contributed by atoms with van der Waals surface area (Å²) in [6.07, 6.45) is 0.0824. The number of hydrogen-bond acceptors (Lipinski definition) is 5. The number of aryl methyl sites for hydroxylation is 2. The highest BCUT2D eigenvalue weighted by molar-refractivity contribution is 7.99. The van der Waals surface area contributed by atoms with Crippen molar-refractivity contribution >= 4 is 58.2 Å². The molecule has 0 aliphatic rings. The lowest BCUT2D eigenvalue weighted by Crippen LogP contribution is -2.18. The number of carbonyl (C=O) groups excluding carboxylic acids is 2. The van der Waals surface area contributed by atoms with Gasteiger partial charge in [-0.05, 0) is 44.5 Å². The summed E-state index contributed by atoms with van der Waals surface area (Å²) in [4.78, 5) is 24.9. The Labute approximate surface area is 200 Å². The molecule has 0 atom stereocenters. The number of amides is 2. The predicted molar refractivity (Wildman–Crippen MR) is 130 cm³/mol. The Bertz CT molecular complexity index is 1150. The van der Waals surface area contributed by atoms with Gasteiger partial charge in [0, 0.05) is 12.2 Å². The van der Waals surface area contributed by atoms with Crippen molar-refractivity contribution < 1.29 is 9.59 Å². The second-order valence-corrected chi connectivity index (χ2v) is 8.85. The molecule has 10 heteroatoms. The van der Waals surface area contributed by atoms with Gasteiger partial charge in [0.15, 0.2) is 5.16 Å². The van der Waals surface area contributed by atoms with Crippen LogP contribution in [0.4, 0.5) is 11.4 Å². The zero-order valence-electron chi connectivity index (χ0n) is 17.9. The van der Waals surface area contributed by atoms with Gasteiger partial charge in [0.1, 0.15) is 5.82 Å². The molecular formula is C22H23Cl2N5O2S. The van der Waals surface area contributed by atoms with Gasteiger partial charge in [-0.15, -0.1) is 10.2 Å². The number of halogens is 2. The summed E-state index contributed by atoms with van der Waals surface area (Å²) in [5, 5.41) is 15.2. The monoisotopic (exact) mass is 491 g/mol. The fourth-order valence-electron chi connectivity index (χ4n) is 3.08. The quantitative estimate of drug-likeness (QED) is 0.426. The fourth-order valence-corrected chi connectivity index (χ4v) is 4.25. The van der Waals surface area contributed by atoms with Crippen molar-refractivity contribution in [3.8, 4) is 0 Å². The third-order valence-electron chi connectivity index (χ3n) is 4.64. The lowest BCUT2D eigenvalue weighted by molar-refractivity contribution is -0.116. The summed E-state index contributed by atoms with van der Waals surface area (Å²) in [6, 6.07) is 10.9. The number of rotatable bonds is 8. The van der Waals surface area contributed by atoms with Crippen LogP contribution in [0.3, 0.4) is 0 Å². The molecule has 0 saturated carbocycles. The van der Waals surface area contributed by atoms with Gasteiger partial charge >= 0.3 is 0 Å². The van der Waals surface area contributed by atoms with E-state index >= 15 is 0 Å². The summed E-state index contributed by atoms with van der Waals surface area (Å²) < 4.78 is 1.83. The lowest BCUT2D eigenvalue weighted by Gasteiger charge is -2.10. The van der Waals surface area contributed by atoms with Crippen LogP contribution in [0.15, 0.2) is 41.6 Å². The van der Waals surface area contributed by atoms with Crippen LogP contribution in [0.1, 0.15) is 23.9 Å². The molecule has 0 bridgehead atoms. The fraction of sp³-hybridized carbons (Fsp3) is 0.273. The highest BCUT2D eigenvalue weighted by Gasteiger charge is 2.17. The van der Waals surface area contributed by atoms with Gasteiger partial charge in [-0.25, -0.2) is 0 Å². The molecule has 0 spiro atoms. The zero-order chi connectivity index (χ0) is 23.3. The van der Waals surface area contributed by atoms with Crippen molar-refractivity contribution in [3.63, 3.8) is 0 Å². The van der Waals surface area contributed by atoms with Crippen molar-refractivity contribution in [2.24, 2.45) is 0 Å². The molecule has 2 amide bonds. The van der Waals surface area contributed by atoms with Gasteiger partial charge in [-0.1, -0.05) is 58.7 Å². The lowest BCUT2D eigenvalue weighted by atomic mass is 10.1. The highest BCUT2D eigenvalue weighted by Crippen LogP contribution is 2.29. The first-order valence-electron chi connectivity index (χ1n) is 9.94. The maximum Gasteiger partial charge on any atom is 0.234 e. The molecule has 7 nitrogen and oxygen atoms in total. The van der Waals surface area contributed by atoms with Gasteiger partial charge in [0.25, 0.3) is 0 Å². The SMILES string of the molecule is CCn1c(CC(=O)Nc2ccc(C)cc2C)nnc1SCC(=O)Nc1cccc(Cl)c1Cl. The summed E-state index contributed by atoms with van der Waals surface area (Å²) in [7, 11) is 0. The Balaban J connectivity index is 1.61. The van der Waals surface area contributed by atoms with E-state index in [0.29, 0.717) is 33.3 Å². The summed E-state index contributed by atoms with van der Waals surface area (Å²) in [5.74, 6) is 0.217. The second kappa shape index (κ2) is 10.8. The Kier molecular flexibility index (Phi) is 8.17. The van der Waals surface area contributed by atoms with E-state index in [0.717, 1.165) is 16.8 Å². The molecule has 1 heterocycles. The summed E-state index contributed by atoms with van der Waals surface area (Å²) in [6.45, 7) is 6.47. The number of carbonyl (C=O) groups is 2. The molecule has 0 unspecified atom stereocenters. The van der Waals surface area contributed by atoms with Gasteiger partial charge in [-0.2, -0.15) is 0 Å². The van der Waals surface area contributed by atoms with E-state index in [-0.39, 0.29) is 24.0 Å². The first kappa shape index (κ1) is 24.1. The average molecular weight is 492 g/mol. The van der Waals surface area contributed by atoms with Gasteiger partial charge in [-0.3, -0.25) is 9.59 Å². The van der Waals surface area contributed by atoms with Crippen molar-refractivity contribution in [3.05, 3.63) is 63.4 Å². The Morgan fingerprint density at radius 1 is 1.03 bits per heavy atom. The van der Waals surface area contributed by atoms with Crippen LogP contribution in [0.2, 0.25) is 10.0 Å². The predicted octanol–water partition coefficient (Wildman–Crippen LogP) is 5.13. The molecule has 0 fully saturated rings. The Morgan fingerprint density at radius 3 is 2.50 bits per heavy atom. The van der Waals surface area contributed by atoms with E-state index in [9.17, 15) is 9.59 Å². The molecule has 168 valence electrons. The van der Waals surface area contributed by atoms with E-state index in [4.69, 9.17) is 23.2 Å². The topological polar surface area (TPSA) is 88.9 Å². The van der Waals surface area contributed by atoms with Crippen LogP contribution in [-0.2, 0) is 22.6 Å². The minimum absolute atomic E-state index is 0.0824. The number of aromatic nitrogens is 3. The van der Waals surface area contributed by atoms with E-state index in [1.807, 2.05) is 43.5 Å². The van der Waals surface area contributed by atoms with Crippen LogP contribution in [-0.4, -0.2) is 32.3 Å². The van der Waals surface area contributed by atoms with Crippen LogP contribution in [0.25, 0.3) is 0 Å². The number of nitrogens with one attached hydrogen (secondary N) is 2. The normalized spacial score (nSPS) is 10.8. The molecule has 0 saturated heterocycles. The average Bonchev–Trinajstić information content (AvgIpc) is 3.13. The minimum atomic E-state index is -0.251. The van der Waals surface area contributed by atoms with Crippen molar-refractivity contribution in [2.45, 2.75) is 38.9 Å². The van der Waals surface area contributed by atoms with Crippen LogP contribution < -0.4 is 10.6 Å². The third-order valence-corrected chi connectivity index (χ3v) is 6.43. The van der Waals surface area contributed by atoms with Crippen LogP contribution >= 0.6 is 35.0 Å². The van der Waals surface area contributed by atoms with Gasteiger partial charge in [0.05, 0.1) is 27.9 Å². The molecule has 2 N–H and O–H groups in total. The number of hydrogen-bond donors (Lipinski definition) is 2. The smallest absolute Gasteiger partial charge is 0.234 e. The first-order chi connectivity index (χ1) is 15.3. The maximum atomic E-state index is 12.5. The van der Waals surface area contributed by atoms with Crippen molar-refractivity contribution in [2.75, 3.05) is 16.4 Å². The van der Waals surface area contributed by atoms with E-state index in [1.54, 1.807) is 18.2 Å². The first-order valence-corrected chi connectivity index (χ1v) is 11.7. The number of anilines is 2. The Hall–Kier alpha value is -2.55. The summed E-state index contributed by atoms with van der Waals surface area (Å²) in [5.41, 5.74) is 3.35. The van der Waals surface area contributed by atoms with E-state index < -0.39 is 0 Å². The molecule has 3 aromatic rings. The second-order valence-electron chi connectivity index (χ2n) is 7.12. The number of thioether (sulfide) groups is 1. The third kappa shape index (κ3) is 6.03. The van der Waals surface area contributed by atoms with Crippen molar-refractivity contribution in [1.29, 1.82) is 0 Å². The maximum absolute atomic E-state index is 12.5. The zero-order valence-corrected chi connectivity index (χ0v) is 20.2. The van der Waals surface area contributed by atoms with Crippen molar-refractivity contribution in [1.82, 2.24) is 14.8 Å². The molecule has 32 heavy (non-hydrogen) atoms. The summed E-state index contributed by atoms with van der Waals surface area (Å²) >= 11 is 13.3. The molecule has 0 aliphatic carbocycles. The highest BCUT2D eigenvalue weighted by atomic mass is 35.5. The number of nitrogens with zero attached hydrogens (tertiary/aromatic N) is 3. The molecule has 3 rings (SSSR count).